The number of hydrogen-bond donors (Lipinski definition) is 1. The zero-order valence-corrected chi connectivity index (χ0v) is 10.0. The second-order valence-electron chi connectivity index (χ2n) is 6.39. The zero-order valence-electron chi connectivity index (χ0n) is 10.0. The standard InChI is InChI=1S/C13H20O3/c1-8(2)11(14)16-13-6-9-3-10(7-13)5-12(13,15)4-9/h8-10,15H,3-7H2,1-2H3. The molecule has 0 amide bonds. The maximum absolute atomic E-state index is 11.8. The molecule has 0 heterocycles. The molecule has 3 nitrogen and oxygen atoms in total. The number of hydrogen-bond acceptors (Lipinski definition) is 3. The van der Waals surface area contributed by atoms with Gasteiger partial charge in [0.1, 0.15) is 11.2 Å². The molecule has 4 fully saturated rings. The zero-order chi connectivity index (χ0) is 11.6. The van der Waals surface area contributed by atoms with Gasteiger partial charge in [0, 0.05) is 0 Å². The predicted octanol–water partition coefficient (Wildman–Crippen LogP) is 1.88. The summed E-state index contributed by atoms with van der Waals surface area (Å²) in [6.07, 6.45) is 4.68. The lowest BCUT2D eigenvalue weighted by atomic mass is 9.81. The molecule has 0 aromatic heterocycles. The Balaban J connectivity index is 1.86. The molecule has 90 valence electrons. The van der Waals surface area contributed by atoms with Gasteiger partial charge in [-0.3, -0.25) is 4.79 Å². The first-order valence-electron chi connectivity index (χ1n) is 6.39. The van der Waals surface area contributed by atoms with Gasteiger partial charge in [-0.1, -0.05) is 13.8 Å². The lowest BCUT2D eigenvalue weighted by molar-refractivity contribution is -0.184. The Morgan fingerprint density at radius 2 is 1.81 bits per heavy atom. The number of aliphatic hydroxyl groups is 1. The van der Waals surface area contributed by atoms with Crippen molar-refractivity contribution in [3.05, 3.63) is 0 Å². The maximum Gasteiger partial charge on any atom is 0.309 e. The molecule has 4 bridgehead atoms. The molecule has 0 aliphatic heterocycles. The van der Waals surface area contributed by atoms with Crippen molar-refractivity contribution < 1.29 is 14.6 Å². The van der Waals surface area contributed by atoms with Crippen molar-refractivity contribution in [1.82, 2.24) is 0 Å². The molecule has 0 saturated heterocycles. The first-order valence-corrected chi connectivity index (χ1v) is 6.39. The van der Waals surface area contributed by atoms with Gasteiger partial charge in [0.25, 0.3) is 0 Å². The normalized spacial score (nSPS) is 49.0. The third-order valence-electron chi connectivity index (χ3n) is 4.77. The second kappa shape index (κ2) is 3.00. The molecule has 4 saturated carbocycles. The number of rotatable bonds is 2. The van der Waals surface area contributed by atoms with Crippen molar-refractivity contribution in [2.45, 2.75) is 57.2 Å². The van der Waals surface area contributed by atoms with Gasteiger partial charge in [-0.2, -0.15) is 0 Å². The Kier molecular flexibility index (Phi) is 1.99. The van der Waals surface area contributed by atoms with E-state index >= 15 is 0 Å². The monoisotopic (exact) mass is 224 g/mol. The van der Waals surface area contributed by atoms with E-state index in [0.717, 1.165) is 25.7 Å². The number of esters is 1. The van der Waals surface area contributed by atoms with E-state index in [0.29, 0.717) is 11.8 Å². The van der Waals surface area contributed by atoms with Crippen molar-refractivity contribution in [3.63, 3.8) is 0 Å². The van der Waals surface area contributed by atoms with E-state index in [4.69, 9.17) is 4.74 Å². The summed E-state index contributed by atoms with van der Waals surface area (Å²) in [5, 5.41) is 10.6. The molecule has 4 aliphatic rings. The highest BCUT2D eigenvalue weighted by atomic mass is 16.6. The SMILES string of the molecule is CC(C)C(=O)OC12CC3CC(CC1(O)C3)C2. The maximum atomic E-state index is 11.8. The average Bonchev–Trinajstić information content (AvgIpc) is 2.43. The molecule has 4 rings (SSSR count). The van der Waals surface area contributed by atoms with Gasteiger partial charge in [-0.15, -0.1) is 0 Å². The minimum Gasteiger partial charge on any atom is -0.456 e. The first kappa shape index (κ1) is 10.6. The summed E-state index contributed by atoms with van der Waals surface area (Å²) in [5.74, 6) is 0.910. The third kappa shape index (κ3) is 1.21. The van der Waals surface area contributed by atoms with Crippen molar-refractivity contribution >= 4 is 5.97 Å². The molecule has 1 N–H and O–H groups in total. The van der Waals surface area contributed by atoms with Crippen LogP contribution in [-0.4, -0.2) is 22.3 Å². The van der Waals surface area contributed by atoms with Crippen LogP contribution >= 0.6 is 0 Å². The largest absolute Gasteiger partial charge is 0.456 e. The molecule has 4 aliphatic carbocycles. The summed E-state index contributed by atoms with van der Waals surface area (Å²) < 4.78 is 5.70. The van der Waals surface area contributed by atoms with Gasteiger partial charge in [0.05, 0.1) is 5.92 Å². The minimum absolute atomic E-state index is 0.101. The fourth-order valence-corrected chi connectivity index (χ4v) is 4.24. The molecule has 0 radical (unpaired) electrons. The summed E-state index contributed by atoms with van der Waals surface area (Å²) in [5.41, 5.74) is -1.23. The smallest absolute Gasteiger partial charge is 0.309 e. The molecule has 3 heteroatoms. The van der Waals surface area contributed by atoms with E-state index in [1.165, 1.54) is 6.42 Å². The topological polar surface area (TPSA) is 46.5 Å². The Morgan fingerprint density at radius 3 is 2.31 bits per heavy atom. The molecule has 2 unspecified atom stereocenters. The molecular weight excluding hydrogens is 204 g/mol. The highest BCUT2D eigenvalue weighted by molar-refractivity contribution is 5.72. The van der Waals surface area contributed by atoms with Gasteiger partial charge in [0.2, 0.25) is 0 Å². The Labute approximate surface area is 96.2 Å². The average molecular weight is 224 g/mol. The van der Waals surface area contributed by atoms with Crippen LogP contribution in [0.5, 0.6) is 0 Å². The third-order valence-corrected chi connectivity index (χ3v) is 4.77. The summed E-state index contributed by atoms with van der Waals surface area (Å²) >= 11 is 0. The van der Waals surface area contributed by atoms with Crippen LogP contribution < -0.4 is 0 Å². The lowest BCUT2D eigenvalue weighted by Gasteiger charge is -2.36. The lowest BCUT2D eigenvalue weighted by Crippen LogP contribution is -2.49. The van der Waals surface area contributed by atoms with Gasteiger partial charge >= 0.3 is 5.97 Å². The molecule has 2 atom stereocenters. The first-order chi connectivity index (χ1) is 7.44. The summed E-state index contributed by atoms with van der Waals surface area (Å²) in [4.78, 5) is 11.8. The number of carbonyl (C=O) groups is 1. The quantitative estimate of drug-likeness (QED) is 0.728. The highest BCUT2D eigenvalue weighted by Gasteiger charge is 2.68. The Hall–Kier alpha value is -0.570. The van der Waals surface area contributed by atoms with E-state index in [-0.39, 0.29) is 11.9 Å². The van der Waals surface area contributed by atoms with Crippen LogP contribution in [0, 0.1) is 17.8 Å². The van der Waals surface area contributed by atoms with E-state index in [1.54, 1.807) is 0 Å². The molecule has 0 spiro atoms. The van der Waals surface area contributed by atoms with Crippen LogP contribution in [0.1, 0.15) is 46.0 Å². The molecule has 0 aromatic rings. The van der Waals surface area contributed by atoms with E-state index in [2.05, 4.69) is 0 Å². The van der Waals surface area contributed by atoms with Crippen molar-refractivity contribution in [3.8, 4) is 0 Å². The van der Waals surface area contributed by atoms with Gasteiger partial charge in [-0.05, 0) is 43.9 Å². The summed E-state index contributed by atoms with van der Waals surface area (Å²) in [7, 11) is 0. The van der Waals surface area contributed by atoms with Crippen LogP contribution in [0.2, 0.25) is 0 Å². The van der Waals surface area contributed by atoms with E-state index in [9.17, 15) is 9.90 Å². The fraction of sp³-hybridized carbons (Fsp3) is 0.923. The van der Waals surface area contributed by atoms with Crippen molar-refractivity contribution in [2.24, 2.45) is 17.8 Å². The number of ether oxygens (including phenoxy) is 1. The van der Waals surface area contributed by atoms with Crippen LogP contribution in [0.4, 0.5) is 0 Å². The van der Waals surface area contributed by atoms with Crippen LogP contribution in [0.15, 0.2) is 0 Å². The van der Waals surface area contributed by atoms with Crippen molar-refractivity contribution in [2.75, 3.05) is 0 Å². The molecule has 16 heavy (non-hydrogen) atoms. The predicted molar refractivity (Wildman–Crippen MR) is 58.7 cm³/mol. The van der Waals surface area contributed by atoms with Crippen LogP contribution in [0.25, 0.3) is 0 Å². The van der Waals surface area contributed by atoms with Crippen LogP contribution in [-0.2, 0) is 9.53 Å². The van der Waals surface area contributed by atoms with Gasteiger partial charge < -0.3 is 9.84 Å². The Bertz CT molecular complexity index is 320. The fourth-order valence-electron chi connectivity index (χ4n) is 4.24. The second-order valence-corrected chi connectivity index (χ2v) is 6.39. The minimum atomic E-state index is -0.703. The Morgan fingerprint density at radius 1 is 1.25 bits per heavy atom. The molecular formula is C13H20O3. The molecule has 0 aromatic carbocycles. The van der Waals surface area contributed by atoms with E-state index < -0.39 is 11.2 Å². The van der Waals surface area contributed by atoms with Crippen molar-refractivity contribution in [1.29, 1.82) is 0 Å². The van der Waals surface area contributed by atoms with Gasteiger partial charge in [0.15, 0.2) is 0 Å². The summed E-state index contributed by atoms with van der Waals surface area (Å²) in [6.45, 7) is 3.70. The van der Waals surface area contributed by atoms with Gasteiger partial charge in [-0.25, -0.2) is 0 Å². The summed E-state index contributed by atoms with van der Waals surface area (Å²) in [6, 6.07) is 0. The highest BCUT2D eigenvalue weighted by Crippen LogP contribution is 2.64. The number of carbonyl (C=O) groups excluding carboxylic acids is 1. The van der Waals surface area contributed by atoms with Crippen LogP contribution in [0.3, 0.4) is 0 Å². The van der Waals surface area contributed by atoms with E-state index in [1.807, 2.05) is 13.8 Å².